The molecule has 2 nitrogen and oxygen atoms in total. The van der Waals surface area contributed by atoms with Gasteiger partial charge in [0, 0.05) is 6.04 Å². The van der Waals surface area contributed by atoms with Gasteiger partial charge in [-0.3, -0.25) is 0 Å². The van der Waals surface area contributed by atoms with E-state index in [1.54, 1.807) is 0 Å². The minimum Gasteiger partial charge on any atom is -0.493 e. The standard InChI is InChI=1S/C17H29NO/c1-6-15(18)12-14-11-13(2)7-8-16(14)19-10-9-17(3,4)5/h7-8,11,15H,6,9-10,12,18H2,1-5H3. The van der Waals surface area contributed by atoms with E-state index >= 15 is 0 Å². The number of nitrogens with two attached hydrogens (primary N) is 1. The van der Waals surface area contributed by atoms with E-state index in [4.69, 9.17) is 10.5 Å². The van der Waals surface area contributed by atoms with Crippen LogP contribution in [0.2, 0.25) is 0 Å². The summed E-state index contributed by atoms with van der Waals surface area (Å²) in [6.45, 7) is 11.7. The number of hydrogen-bond acceptors (Lipinski definition) is 2. The van der Waals surface area contributed by atoms with Crippen molar-refractivity contribution in [2.75, 3.05) is 6.61 Å². The van der Waals surface area contributed by atoms with Crippen molar-refractivity contribution in [3.63, 3.8) is 0 Å². The molecule has 2 heteroatoms. The lowest BCUT2D eigenvalue weighted by Crippen LogP contribution is -2.22. The third-order valence-corrected chi connectivity index (χ3v) is 3.33. The van der Waals surface area contributed by atoms with Gasteiger partial charge >= 0.3 is 0 Å². The summed E-state index contributed by atoms with van der Waals surface area (Å²) in [6, 6.07) is 6.59. The summed E-state index contributed by atoms with van der Waals surface area (Å²) < 4.78 is 5.96. The fraction of sp³-hybridized carbons (Fsp3) is 0.647. The molecule has 0 saturated heterocycles. The molecule has 1 aromatic rings. The van der Waals surface area contributed by atoms with Gasteiger partial charge in [0.05, 0.1) is 6.61 Å². The first-order valence-corrected chi connectivity index (χ1v) is 7.29. The Morgan fingerprint density at radius 3 is 2.53 bits per heavy atom. The van der Waals surface area contributed by atoms with Crippen LogP contribution in [-0.4, -0.2) is 12.6 Å². The number of hydrogen-bond donors (Lipinski definition) is 1. The average Bonchev–Trinajstić information content (AvgIpc) is 2.30. The van der Waals surface area contributed by atoms with E-state index in [0.717, 1.165) is 31.6 Å². The molecule has 0 aliphatic rings. The van der Waals surface area contributed by atoms with Gasteiger partial charge in [-0.1, -0.05) is 45.4 Å². The van der Waals surface area contributed by atoms with Crippen LogP contribution in [0.15, 0.2) is 18.2 Å². The van der Waals surface area contributed by atoms with Crippen LogP contribution in [0.1, 0.15) is 51.7 Å². The van der Waals surface area contributed by atoms with Crippen LogP contribution in [0, 0.1) is 12.3 Å². The Morgan fingerprint density at radius 2 is 1.95 bits per heavy atom. The molecule has 0 spiro atoms. The van der Waals surface area contributed by atoms with Crippen LogP contribution in [0.4, 0.5) is 0 Å². The molecule has 1 rings (SSSR count). The number of aryl methyl sites for hydroxylation is 1. The SMILES string of the molecule is CCC(N)Cc1cc(C)ccc1OCCC(C)(C)C. The second-order valence-corrected chi connectivity index (χ2v) is 6.64. The van der Waals surface area contributed by atoms with Gasteiger partial charge in [0.25, 0.3) is 0 Å². The second kappa shape index (κ2) is 6.95. The van der Waals surface area contributed by atoms with Crippen molar-refractivity contribution in [3.05, 3.63) is 29.3 Å². The molecule has 0 aliphatic heterocycles. The van der Waals surface area contributed by atoms with E-state index in [1.807, 2.05) is 0 Å². The Labute approximate surface area is 118 Å². The van der Waals surface area contributed by atoms with Crippen molar-refractivity contribution in [2.45, 2.75) is 59.9 Å². The van der Waals surface area contributed by atoms with Crippen molar-refractivity contribution in [1.82, 2.24) is 0 Å². The highest BCUT2D eigenvalue weighted by molar-refractivity contribution is 5.37. The van der Waals surface area contributed by atoms with Crippen molar-refractivity contribution in [3.8, 4) is 5.75 Å². The van der Waals surface area contributed by atoms with Gasteiger partial charge in [0.2, 0.25) is 0 Å². The molecular weight excluding hydrogens is 234 g/mol. The van der Waals surface area contributed by atoms with Crippen LogP contribution < -0.4 is 10.5 Å². The Kier molecular flexibility index (Phi) is 5.86. The highest BCUT2D eigenvalue weighted by Gasteiger charge is 2.12. The molecule has 19 heavy (non-hydrogen) atoms. The quantitative estimate of drug-likeness (QED) is 0.839. The number of ether oxygens (including phenoxy) is 1. The minimum atomic E-state index is 0.215. The summed E-state index contributed by atoms with van der Waals surface area (Å²) in [6.07, 6.45) is 2.94. The maximum atomic E-state index is 6.07. The third-order valence-electron chi connectivity index (χ3n) is 3.33. The van der Waals surface area contributed by atoms with E-state index < -0.39 is 0 Å². The number of benzene rings is 1. The summed E-state index contributed by atoms with van der Waals surface area (Å²) in [5.74, 6) is 0.999. The molecular formula is C17H29NO. The molecule has 1 unspecified atom stereocenters. The molecule has 0 amide bonds. The lowest BCUT2D eigenvalue weighted by Gasteiger charge is -2.20. The summed E-state index contributed by atoms with van der Waals surface area (Å²) in [5, 5.41) is 0. The van der Waals surface area contributed by atoms with E-state index in [2.05, 4.69) is 52.8 Å². The number of rotatable bonds is 6. The lowest BCUT2D eigenvalue weighted by molar-refractivity contribution is 0.241. The topological polar surface area (TPSA) is 35.2 Å². The molecule has 0 fully saturated rings. The minimum absolute atomic E-state index is 0.215. The Morgan fingerprint density at radius 1 is 1.26 bits per heavy atom. The van der Waals surface area contributed by atoms with Gasteiger partial charge in [-0.05, 0) is 43.2 Å². The molecule has 1 aromatic carbocycles. The van der Waals surface area contributed by atoms with Gasteiger partial charge in [-0.2, -0.15) is 0 Å². The molecule has 0 bridgehead atoms. The second-order valence-electron chi connectivity index (χ2n) is 6.64. The lowest BCUT2D eigenvalue weighted by atomic mass is 9.93. The molecule has 0 saturated carbocycles. The predicted molar refractivity (Wildman–Crippen MR) is 82.7 cm³/mol. The van der Waals surface area contributed by atoms with E-state index in [-0.39, 0.29) is 6.04 Å². The zero-order chi connectivity index (χ0) is 14.5. The van der Waals surface area contributed by atoms with E-state index in [9.17, 15) is 0 Å². The zero-order valence-electron chi connectivity index (χ0n) is 13.1. The van der Waals surface area contributed by atoms with E-state index in [0.29, 0.717) is 5.41 Å². The van der Waals surface area contributed by atoms with Crippen molar-refractivity contribution < 1.29 is 4.74 Å². The smallest absolute Gasteiger partial charge is 0.122 e. The first-order chi connectivity index (χ1) is 8.81. The van der Waals surface area contributed by atoms with Gasteiger partial charge < -0.3 is 10.5 Å². The zero-order valence-corrected chi connectivity index (χ0v) is 13.1. The van der Waals surface area contributed by atoms with Gasteiger partial charge in [-0.25, -0.2) is 0 Å². The van der Waals surface area contributed by atoms with Crippen molar-refractivity contribution >= 4 is 0 Å². The van der Waals surface area contributed by atoms with Crippen LogP contribution in [-0.2, 0) is 6.42 Å². The normalized spacial score (nSPS) is 13.4. The van der Waals surface area contributed by atoms with Crippen LogP contribution in [0.5, 0.6) is 5.75 Å². The summed E-state index contributed by atoms with van der Waals surface area (Å²) in [4.78, 5) is 0. The molecule has 0 radical (unpaired) electrons. The molecule has 0 aliphatic carbocycles. The molecule has 0 aromatic heterocycles. The fourth-order valence-corrected chi connectivity index (χ4v) is 1.90. The molecule has 108 valence electrons. The van der Waals surface area contributed by atoms with Gasteiger partial charge in [0.15, 0.2) is 0 Å². The van der Waals surface area contributed by atoms with Crippen LogP contribution >= 0.6 is 0 Å². The maximum absolute atomic E-state index is 6.07. The van der Waals surface area contributed by atoms with Gasteiger partial charge in [-0.15, -0.1) is 0 Å². The Balaban J connectivity index is 2.70. The van der Waals surface area contributed by atoms with Crippen molar-refractivity contribution in [2.24, 2.45) is 11.1 Å². The summed E-state index contributed by atoms with van der Waals surface area (Å²) in [5.41, 5.74) is 8.88. The molecule has 0 heterocycles. The fourth-order valence-electron chi connectivity index (χ4n) is 1.90. The first-order valence-electron chi connectivity index (χ1n) is 7.29. The predicted octanol–water partition coefficient (Wildman–Crippen LogP) is 4.09. The average molecular weight is 263 g/mol. The highest BCUT2D eigenvalue weighted by atomic mass is 16.5. The Bertz CT molecular complexity index is 393. The van der Waals surface area contributed by atoms with Crippen molar-refractivity contribution in [1.29, 1.82) is 0 Å². The monoisotopic (exact) mass is 263 g/mol. The molecule has 1 atom stereocenters. The van der Waals surface area contributed by atoms with Crippen LogP contribution in [0.25, 0.3) is 0 Å². The van der Waals surface area contributed by atoms with Gasteiger partial charge in [0.1, 0.15) is 5.75 Å². The van der Waals surface area contributed by atoms with Crippen LogP contribution in [0.3, 0.4) is 0 Å². The third kappa shape index (κ3) is 6.11. The maximum Gasteiger partial charge on any atom is 0.122 e. The largest absolute Gasteiger partial charge is 0.493 e. The first kappa shape index (κ1) is 16.0. The Hall–Kier alpha value is -1.02. The summed E-state index contributed by atoms with van der Waals surface area (Å²) >= 11 is 0. The molecule has 2 N–H and O–H groups in total. The summed E-state index contributed by atoms with van der Waals surface area (Å²) in [7, 11) is 0. The highest BCUT2D eigenvalue weighted by Crippen LogP contribution is 2.24. The van der Waals surface area contributed by atoms with E-state index in [1.165, 1.54) is 11.1 Å².